The first-order chi connectivity index (χ1) is 9.67. The minimum Gasteiger partial charge on any atom is -0.493 e. The molecule has 0 aromatic heterocycles. The van der Waals surface area contributed by atoms with Crippen molar-refractivity contribution in [2.45, 2.75) is 30.6 Å². The van der Waals surface area contributed by atoms with Gasteiger partial charge in [0.25, 0.3) is 0 Å². The first-order valence-corrected chi connectivity index (χ1v) is 8.65. The van der Waals surface area contributed by atoms with Gasteiger partial charge in [-0.25, -0.2) is 13.1 Å². The second kappa shape index (κ2) is 5.71. The average molecular weight is 296 g/mol. The fraction of sp³-hybridized carbons (Fsp3) is 0.571. The molecule has 3 rings (SSSR count). The Morgan fingerprint density at radius 3 is 2.90 bits per heavy atom. The molecule has 0 radical (unpaired) electrons. The Balaban J connectivity index is 1.78. The minimum absolute atomic E-state index is 0.174. The highest BCUT2D eigenvalue weighted by Gasteiger charge is 2.31. The van der Waals surface area contributed by atoms with Gasteiger partial charge in [0.05, 0.1) is 17.9 Å². The SMILES string of the molecule is O=S(=O)(NC1CCOc2ccccc21)C1CCCNC1. The van der Waals surface area contributed by atoms with Crippen molar-refractivity contribution in [3.8, 4) is 5.75 Å². The number of piperidine rings is 1. The molecule has 1 aromatic carbocycles. The largest absolute Gasteiger partial charge is 0.493 e. The molecule has 2 aliphatic heterocycles. The lowest BCUT2D eigenvalue weighted by Crippen LogP contribution is -2.45. The molecule has 0 bridgehead atoms. The maximum atomic E-state index is 12.5. The Morgan fingerprint density at radius 2 is 2.10 bits per heavy atom. The summed E-state index contributed by atoms with van der Waals surface area (Å²) in [5.41, 5.74) is 0.936. The lowest BCUT2D eigenvalue weighted by molar-refractivity contribution is 0.262. The molecule has 20 heavy (non-hydrogen) atoms. The van der Waals surface area contributed by atoms with Gasteiger partial charge in [-0.2, -0.15) is 0 Å². The van der Waals surface area contributed by atoms with E-state index in [1.807, 2.05) is 24.3 Å². The van der Waals surface area contributed by atoms with E-state index in [2.05, 4.69) is 10.0 Å². The van der Waals surface area contributed by atoms with Crippen molar-refractivity contribution in [3.05, 3.63) is 29.8 Å². The number of ether oxygens (including phenoxy) is 1. The molecule has 2 atom stereocenters. The summed E-state index contributed by atoms with van der Waals surface area (Å²) in [7, 11) is -3.29. The molecule has 1 saturated heterocycles. The van der Waals surface area contributed by atoms with E-state index in [1.165, 1.54) is 0 Å². The fourth-order valence-corrected chi connectivity index (χ4v) is 4.49. The smallest absolute Gasteiger partial charge is 0.216 e. The zero-order valence-corrected chi connectivity index (χ0v) is 12.2. The number of para-hydroxylation sites is 1. The highest BCUT2D eigenvalue weighted by atomic mass is 32.2. The van der Waals surface area contributed by atoms with Crippen LogP contribution in [0.4, 0.5) is 0 Å². The van der Waals surface area contributed by atoms with Crippen molar-refractivity contribution >= 4 is 10.0 Å². The van der Waals surface area contributed by atoms with Gasteiger partial charge in [0, 0.05) is 18.5 Å². The quantitative estimate of drug-likeness (QED) is 0.879. The molecule has 0 aliphatic carbocycles. The van der Waals surface area contributed by atoms with E-state index >= 15 is 0 Å². The van der Waals surface area contributed by atoms with Gasteiger partial charge in [-0.3, -0.25) is 0 Å². The van der Waals surface area contributed by atoms with Crippen LogP contribution in [0, 0.1) is 0 Å². The summed E-state index contributed by atoms with van der Waals surface area (Å²) in [4.78, 5) is 0. The molecule has 2 unspecified atom stereocenters. The van der Waals surface area contributed by atoms with Crippen molar-refractivity contribution in [3.63, 3.8) is 0 Å². The van der Waals surface area contributed by atoms with Crippen LogP contribution in [-0.4, -0.2) is 33.4 Å². The highest BCUT2D eigenvalue weighted by molar-refractivity contribution is 7.90. The van der Waals surface area contributed by atoms with Gasteiger partial charge in [-0.1, -0.05) is 18.2 Å². The molecule has 2 heterocycles. The predicted molar refractivity (Wildman–Crippen MR) is 77.2 cm³/mol. The zero-order chi connectivity index (χ0) is 14.0. The molecule has 2 N–H and O–H groups in total. The molecular formula is C14H20N2O3S. The van der Waals surface area contributed by atoms with Gasteiger partial charge in [-0.15, -0.1) is 0 Å². The van der Waals surface area contributed by atoms with Gasteiger partial charge in [-0.05, 0) is 25.5 Å². The third-order valence-corrected chi connectivity index (χ3v) is 5.85. The highest BCUT2D eigenvalue weighted by Crippen LogP contribution is 2.32. The topological polar surface area (TPSA) is 67.4 Å². The minimum atomic E-state index is -3.29. The molecule has 1 aromatic rings. The van der Waals surface area contributed by atoms with Gasteiger partial charge < -0.3 is 10.1 Å². The van der Waals surface area contributed by atoms with Crippen molar-refractivity contribution in [1.82, 2.24) is 10.0 Å². The summed E-state index contributed by atoms with van der Waals surface area (Å²) >= 11 is 0. The first kappa shape index (κ1) is 13.9. The first-order valence-electron chi connectivity index (χ1n) is 7.10. The summed E-state index contributed by atoms with van der Waals surface area (Å²) in [6.45, 7) is 2.00. The summed E-state index contributed by atoms with van der Waals surface area (Å²) < 4.78 is 33.4. The second-order valence-electron chi connectivity index (χ2n) is 5.36. The standard InChI is InChI=1S/C14H20N2O3S/c17-20(18,11-4-3-8-15-10-11)16-13-7-9-19-14-6-2-1-5-12(13)14/h1-2,5-6,11,13,15-16H,3-4,7-10H2. The molecule has 2 aliphatic rings. The van der Waals surface area contributed by atoms with Crippen LogP contribution in [0.15, 0.2) is 24.3 Å². The number of sulfonamides is 1. The number of rotatable bonds is 3. The molecule has 6 heteroatoms. The second-order valence-corrected chi connectivity index (χ2v) is 7.35. The fourth-order valence-electron chi connectivity index (χ4n) is 2.84. The summed E-state index contributed by atoms with van der Waals surface area (Å²) in [6.07, 6.45) is 2.32. The Hall–Kier alpha value is -1.11. The van der Waals surface area contributed by atoms with Crippen LogP contribution in [0.3, 0.4) is 0 Å². The molecular weight excluding hydrogens is 276 g/mol. The Morgan fingerprint density at radius 1 is 1.25 bits per heavy atom. The number of hydrogen-bond acceptors (Lipinski definition) is 4. The van der Waals surface area contributed by atoms with Crippen molar-refractivity contribution in [2.24, 2.45) is 0 Å². The molecule has 0 saturated carbocycles. The van der Waals surface area contributed by atoms with Crippen LogP contribution >= 0.6 is 0 Å². The maximum absolute atomic E-state index is 12.5. The Labute approximate surface area is 119 Å². The van der Waals surface area contributed by atoms with Crippen LogP contribution in [0.1, 0.15) is 30.9 Å². The van der Waals surface area contributed by atoms with Crippen molar-refractivity contribution < 1.29 is 13.2 Å². The molecule has 0 spiro atoms. The normalized spacial score (nSPS) is 26.6. The molecule has 0 amide bonds. The number of nitrogens with one attached hydrogen (secondary N) is 2. The maximum Gasteiger partial charge on any atom is 0.216 e. The van der Waals surface area contributed by atoms with Gasteiger partial charge in [0.15, 0.2) is 0 Å². The third-order valence-electron chi connectivity index (χ3n) is 3.96. The number of hydrogen-bond donors (Lipinski definition) is 2. The van der Waals surface area contributed by atoms with E-state index in [-0.39, 0.29) is 11.3 Å². The van der Waals surface area contributed by atoms with Gasteiger partial charge in [0.2, 0.25) is 10.0 Å². The number of benzene rings is 1. The van der Waals surface area contributed by atoms with Crippen LogP contribution < -0.4 is 14.8 Å². The average Bonchev–Trinajstić information content (AvgIpc) is 2.48. The lowest BCUT2D eigenvalue weighted by atomic mass is 10.0. The summed E-state index contributed by atoms with van der Waals surface area (Å²) in [6, 6.07) is 7.46. The van der Waals surface area contributed by atoms with Gasteiger partial charge in [0.1, 0.15) is 5.75 Å². The number of fused-ring (bicyclic) bond motifs is 1. The molecule has 5 nitrogen and oxygen atoms in total. The Kier molecular flexibility index (Phi) is 3.96. The van der Waals surface area contributed by atoms with Crippen LogP contribution in [0.2, 0.25) is 0 Å². The van der Waals surface area contributed by atoms with Crippen molar-refractivity contribution in [1.29, 1.82) is 0 Å². The van der Waals surface area contributed by atoms with Crippen LogP contribution in [0.5, 0.6) is 5.75 Å². The van der Waals surface area contributed by atoms with E-state index in [4.69, 9.17) is 4.74 Å². The van der Waals surface area contributed by atoms with Crippen LogP contribution in [-0.2, 0) is 10.0 Å². The van der Waals surface area contributed by atoms with E-state index in [0.29, 0.717) is 19.6 Å². The molecule has 1 fully saturated rings. The predicted octanol–water partition coefficient (Wildman–Crippen LogP) is 1.18. The summed E-state index contributed by atoms with van der Waals surface area (Å²) in [5, 5.41) is 2.83. The van der Waals surface area contributed by atoms with Crippen molar-refractivity contribution in [2.75, 3.05) is 19.7 Å². The van der Waals surface area contributed by atoms with E-state index in [9.17, 15) is 8.42 Å². The van der Waals surface area contributed by atoms with E-state index in [0.717, 1.165) is 30.7 Å². The van der Waals surface area contributed by atoms with E-state index < -0.39 is 10.0 Å². The zero-order valence-electron chi connectivity index (χ0n) is 11.3. The molecule has 110 valence electrons. The van der Waals surface area contributed by atoms with Crippen LogP contribution in [0.25, 0.3) is 0 Å². The lowest BCUT2D eigenvalue weighted by Gasteiger charge is -2.29. The summed E-state index contributed by atoms with van der Waals surface area (Å²) in [5.74, 6) is 0.785. The third kappa shape index (κ3) is 2.82. The Bertz CT molecular complexity index is 568. The van der Waals surface area contributed by atoms with Gasteiger partial charge >= 0.3 is 0 Å². The monoisotopic (exact) mass is 296 g/mol. The van der Waals surface area contributed by atoms with E-state index in [1.54, 1.807) is 0 Å².